The van der Waals surface area contributed by atoms with Crippen LogP contribution in [0.25, 0.3) is 27.8 Å². The molecule has 0 bridgehead atoms. The van der Waals surface area contributed by atoms with Crippen LogP contribution < -0.4 is 10.2 Å². The second-order valence-corrected chi connectivity index (χ2v) is 8.65. The van der Waals surface area contributed by atoms with Crippen molar-refractivity contribution in [3.63, 3.8) is 0 Å². The van der Waals surface area contributed by atoms with Crippen LogP contribution in [0.4, 0.5) is 21.8 Å². The van der Waals surface area contributed by atoms with Gasteiger partial charge >= 0.3 is 0 Å². The SMILES string of the molecule is Cc1cnc2c(F)cc(-c3c[nH]c4nc(Nc5ccnc(N6CCN(C)CC6)c5)ncc34)cn12. The molecule has 1 saturated heterocycles. The molecule has 0 spiro atoms. The van der Waals surface area contributed by atoms with Crippen LogP contribution in [0.3, 0.4) is 0 Å². The van der Waals surface area contributed by atoms with Crippen molar-refractivity contribution in [2.24, 2.45) is 0 Å². The van der Waals surface area contributed by atoms with Crippen LogP contribution in [0.2, 0.25) is 0 Å². The van der Waals surface area contributed by atoms with Gasteiger partial charge in [0.1, 0.15) is 11.5 Å². The van der Waals surface area contributed by atoms with Crippen LogP contribution in [0.5, 0.6) is 0 Å². The molecule has 1 aliphatic rings. The van der Waals surface area contributed by atoms with E-state index in [0.29, 0.717) is 17.2 Å². The number of nitrogens with zero attached hydrogens (tertiary/aromatic N) is 7. The fourth-order valence-corrected chi connectivity index (χ4v) is 4.35. The molecule has 0 aliphatic carbocycles. The highest BCUT2D eigenvalue weighted by molar-refractivity contribution is 5.93. The summed E-state index contributed by atoms with van der Waals surface area (Å²) in [7, 11) is 2.13. The Labute approximate surface area is 195 Å². The van der Waals surface area contributed by atoms with E-state index < -0.39 is 0 Å². The summed E-state index contributed by atoms with van der Waals surface area (Å²) >= 11 is 0. The van der Waals surface area contributed by atoms with Crippen LogP contribution in [0.15, 0.2) is 49.2 Å². The van der Waals surface area contributed by atoms with Crippen LogP contribution in [0, 0.1) is 12.7 Å². The van der Waals surface area contributed by atoms with E-state index in [-0.39, 0.29) is 5.82 Å². The fourth-order valence-electron chi connectivity index (χ4n) is 4.35. The largest absolute Gasteiger partial charge is 0.354 e. The molecular formula is C24H24FN9. The lowest BCUT2D eigenvalue weighted by molar-refractivity contribution is 0.312. The van der Waals surface area contributed by atoms with Gasteiger partial charge in [-0.3, -0.25) is 0 Å². The average molecular weight is 458 g/mol. The Bertz CT molecular complexity index is 1500. The van der Waals surface area contributed by atoms with Gasteiger partial charge in [-0.25, -0.2) is 19.3 Å². The van der Waals surface area contributed by atoms with Gasteiger partial charge in [-0.05, 0) is 26.1 Å². The second kappa shape index (κ2) is 8.07. The monoisotopic (exact) mass is 457 g/mol. The number of anilines is 3. The van der Waals surface area contributed by atoms with Crippen LogP contribution in [0.1, 0.15) is 5.69 Å². The van der Waals surface area contributed by atoms with E-state index in [2.05, 4.69) is 47.1 Å². The molecule has 0 amide bonds. The maximum atomic E-state index is 14.6. The Hall–Kier alpha value is -4.05. The van der Waals surface area contributed by atoms with Gasteiger partial charge in [-0.2, -0.15) is 4.98 Å². The average Bonchev–Trinajstić information content (AvgIpc) is 3.43. The number of likely N-dealkylation sites (N-methyl/N-ethyl adjacent to an activating group) is 1. The standard InChI is InChI=1S/C24H24FN9/c1-15-11-28-23-20(25)9-16(14-34(15)23)18-12-27-22-19(18)13-29-24(31-22)30-17-3-4-26-21(10-17)33-7-5-32(2)6-8-33/h3-4,9-14H,5-8H2,1-2H3,(H2,26,27,29,30,31). The third-order valence-corrected chi connectivity index (χ3v) is 6.32. The lowest BCUT2D eigenvalue weighted by atomic mass is 10.1. The zero-order valence-corrected chi connectivity index (χ0v) is 19.0. The summed E-state index contributed by atoms with van der Waals surface area (Å²) in [5, 5.41) is 4.09. The number of imidazole rings is 1. The van der Waals surface area contributed by atoms with Crippen molar-refractivity contribution in [1.82, 2.24) is 34.2 Å². The number of pyridine rings is 2. The number of aromatic nitrogens is 6. The zero-order chi connectivity index (χ0) is 23.2. The molecule has 0 saturated carbocycles. The van der Waals surface area contributed by atoms with E-state index >= 15 is 0 Å². The minimum absolute atomic E-state index is 0.317. The molecule has 6 heterocycles. The predicted octanol–water partition coefficient (Wildman–Crippen LogP) is 3.61. The molecule has 172 valence electrons. The van der Waals surface area contributed by atoms with Gasteiger partial charge < -0.3 is 24.5 Å². The summed E-state index contributed by atoms with van der Waals surface area (Å²) < 4.78 is 16.4. The number of hydrogen-bond donors (Lipinski definition) is 2. The van der Waals surface area contributed by atoms with Crippen molar-refractivity contribution >= 4 is 34.1 Å². The highest BCUT2D eigenvalue weighted by atomic mass is 19.1. The predicted molar refractivity (Wildman–Crippen MR) is 130 cm³/mol. The van der Waals surface area contributed by atoms with Crippen molar-refractivity contribution in [2.45, 2.75) is 6.92 Å². The van der Waals surface area contributed by atoms with Gasteiger partial charge in [0.05, 0.1) is 0 Å². The smallest absolute Gasteiger partial charge is 0.229 e. The Kier molecular flexibility index (Phi) is 4.88. The molecule has 1 aliphatic heterocycles. The Morgan fingerprint density at radius 2 is 1.91 bits per heavy atom. The summed E-state index contributed by atoms with van der Waals surface area (Å²) in [5.41, 5.74) is 4.29. The van der Waals surface area contributed by atoms with E-state index in [1.165, 1.54) is 6.07 Å². The van der Waals surface area contributed by atoms with Crippen molar-refractivity contribution in [1.29, 1.82) is 0 Å². The molecule has 10 heteroatoms. The van der Waals surface area contributed by atoms with Crippen molar-refractivity contribution in [2.75, 3.05) is 43.4 Å². The molecule has 6 rings (SSSR count). The Balaban J connectivity index is 1.28. The van der Waals surface area contributed by atoms with Crippen molar-refractivity contribution in [3.8, 4) is 11.1 Å². The maximum absolute atomic E-state index is 14.6. The van der Waals surface area contributed by atoms with Gasteiger partial charge in [0.25, 0.3) is 0 Å². The number of rotatable bonds is 4. The highest BCUT2D eigenvalue weighted by Gasteiger charge is 2.16. The molecule has 0 unspecified atom stereocenters. The quantitative estimate of drug-likeness (QED) is 0.426. The lowest BCUT2D eigenvalue weighted by Crippen LogP contribution is -2.44. The molecule has 0 atom stereocenters. The second-order valence-electron chi connectivity index (χ2n) is 8.65. The first kappa shape index (κ1) is 20.5. The van der Waals surface area contributed by atoms with E-state index in [1.54, 1.807) is 23.0 Å². The number of H-pyrrole nitrogens is 1. The van der Waals surface area contributed by atoms with Crippen LogP contribution >= 0.6 is 0 Å². The number of aromatic amines is 1. The van der Waals surface area contributed by atoms with Gasteiger partial charge in [0.15, 0.2) is 11.5 Å². The molecule has 0 radical (unpaired) electrons. The van der Waals surface area contributed by atoms with Gasteiger partial charge in [-0.1, -0.05) is 0 Å². The molecule has 1 fully saturated rings. The maximum Gasteiger partial charge on any atom is 0.229 e. The minimum Gasteiger partial charge on any atom is -0.354 e. The van der Waals surface area contributed by atoms with E-state index in [0.717, 1.165) is 59.9 Å². The van der Waals surface area contributed by atoms with E-state index in [4.69, 9.17) is 0 Å². The van der Waals surface area contributed by atoms with Crippen LogP contribution in [-0.4, -0.2) is 67.4 Å². The van der Waals surface area contributed by atoms with Crippen LogP contribution in [-0.2, 0) is 0 Å². The molecule has 2 N–H and O–H groups in total. The lowest BCUT2D eigenvalue weighted by Gasteiger charge is -2.33. The first-order valence-corrected chi connectivity index (χ1v) is 11.2. The summed E-state index contributed by atoms with van der Waals surface area (Å²) in [6.45, 7) is 5.84. The Morgan fingerprint density at radius 3 is 2.76 bits per heavy atom. The number of fused-ring (bicyclic) bond motifs is 2. The van der Waals surface area contributed by atoms with Gasteiger partial charge in [0.2, 0.25) is 5.95 Å². The minimum atomic E-state index is -0.368. The van der Waals surface area contributed by atoms with E-state index in [9.17, 15) is 4.39 Å². The fraction of sp³-hybridized carbons (Fsp3) is 0.250. The molecule has 0 aromatic carbocycles. The van der Waals surface area contributed by atoms with Crippen molar-refractivity contribution in [3.05, 3.63) is 60.7 Å². The Morgan fingerprint density at radius 1 is 1.06 bits per heavy atom. The number of piperazine rings is 1. The zero-order valence-electron chi connectivity index (χ0n) is 19.0. The molecule has 5 aromatic heterocycles. The van der Waals surface area contributed by atoms with E-state index in [1.807, 2.05) is 31.5 Å². The number of hydrogen-bond acceptors (Lipinski definition) is 7. The highest BCUT2D eigenvalue weighted by Crippen LogP contribution is 2.30. The van der Waals surface area contributed by atoms with Gasteiger partial charge in [-0.15, -0.1) is 0 Å². The summed E-state index contributed by atoms with van der Waals surface area (Å²) in [4.78, 5) is 25.6. The van der Waals surface area contributed by atoms with Gasteiger partial charge in [0, 0.05) is 91.1 Å². The van der Waals surface area contributed by atoms with Crippen molar-refractivity contribution < 1.29 is 4.39 Å². The first-order chi connectivity index (χ1) is 16.5. The molecule has 34 heavy (non-hydrogen) atoms. The normalized spacial score (nSPS) is 14.9. The molecular weight excluding hydrogens is 433 g/mol. The third kappa shape index (κ3) is 3.61. The number of halogens is 1. The topological polar surface area (TPSA) is 90.3 Å². The first-order valence-electron chi connectivity index (χ1n) is 11.2. The summed E-state index contributed by atoms with van der Waals surface area (Å²) in [5.74, 6) is 1.05. The molecule has 5 aromatic rings. The third-order valence-electron chi connectivity index (χ3n) is 6.32. The molecule has 9 nitrogen and oxygen atoms in total. The number of nitrogens with one attached hydrogen (secondary N) is 2. The number of aryl methyl sites for hydroxylation is 1. The summed E-state index contributed by atoms with van der Waals surface area (Å²) in [6.07, 6.45) is 8.92. The summed E-state index contributed by atoms with van der Waals surface area (Å²) in [6, 6.07) is 5.41.